The molecule has 47 heavy (non-hydrogen) atoms. The molecule has 2 aromatic carbocycles. The van der Waals surface area contributed by atoms with Gasteiger partial charge in [-0.1, -0.05) is 12.1 Å². The average molecular weight is 655 g/mol. The Morgan fingerprint density at radius 3 is 2.40 bits per heavy atom. The molecule has 3 heterocycles. The molecule has 2 N–H and O–H groups in total. The number of amides is 1. The topological polar surface area (TPSA) is 106 Å². The van der Waals surface area contributed by atoms with Crippen LogP contribution < -0.4 is 14.8 Å². The minimum atomic E-state index is -4.57. The first-order valence-corrected chi connectivity index (χ1v) is 15.4. The molecule has 8 nitrogen and oxygen atoms in total. The van der Waals surface area contributed by atoms with Crippen molar-refractivity contribution in [2.75, 3.05) is 26.5 Å². The molecule has 0 spiro atoms. The first kappa shape index (κ1) is 31.2. The van der Waals surface area contributed by atoms with Crippen molar-refractivity contribution in [3.05, 3.63) is 76.6 Å². The van der Waals surface area contributed by atoms with Gasteiger partial charge in [-0.2, -0.15) is 18.3 Å². The second-order valence-electron chi connectivity index (χ2n) is 12.7. The summed E-state index contributed by atoms with van der Waals surface area (Å²) in [5.74, 6) is -0.376. The summed E-state index contributed by atoms with van der Waals surface area (Å²) in [6.45, 7) is -1.07. The molecular weight excluding hydrogens is 623 g/mol. The SMILES string of the molecule is Cc1cc2cc(C(=O)NC[C@](O)(c3cc4c(c(-c5ccc(C(F)(F)F)cc5)n3)OCC4(CF)CF)C3CC3)cc(OC3CC3)c2nn1. The number of hydrogen-bond donors (Lipinski definition) is 2. The zero-order chi connectivity index (χ0) is 33.1. The van der Waals surface area contributed by atoms with Gasteiger partial charge in [0.1, 0.15) is 48.3 Å². The summed E-state index contributed by atoms with van der Waals surface area (Å²) in [4.78, 5) is 18.2. The van der Waals surface area contributed by atoms with Crippen LogP contribution in [0.15, 0.2) is 48.5 Å². The Labute approximate surface area is 266 Å². The van der Waals surface area contributed by atoms with Crippen molar-refractivity contribution in [1.29, 1.82) is 0 Å². The molecule has 2 fully saturated rings. The number of carbonyl (C=O) groups excluding carboxylic acids is 1. The van der Waals surface area contributed by atoms with Gasteiger partial charge in [-0.05, 0) is 74.9 Å². The zero-order valence-corrected chi connectivity index (χ0v) is 25.3. The van der Waals surface area contributed by atoms with Crippen molar-refractivity contribution in [2.45, 2.75) is 55.9 Å². The third-order valence-corrected chi connectivity index (χ3v) is 9.11. The number of aryl methyl sites for hydroxylation is 1. The van der Waals surface area contributed by atoms with Crippen LogP contribution in [-0.4, -0.2) is 58.8 Å². The largest absolute Gasteiger partial charge is 0.490 e. The lowest BCUT2D eigenvalue weighted by Gasteiger charge is -2.30. The Morgan fingerprint density at radius 2 is 1.77 bits per heavy atom. The molecule has 246 valence electrons. The van der Waals surface area contributed by atoms with Crippen LogP contribution >= 0.6 is 0 Å². The van der Waals surface area contributed by atoms with Gasteiger partial charge in [0.05, 0.1) is 35.0 Å². The van der Waals surface area contributed by atoms with E-state index in [1.807, 2.05) is 0 Å². The summed E-state index contributed by atoms with van der Waals surface area (Å²) in [7, 11) is 0. The number of nitrogens with one attached hydrogen (secondary N) is 1. The average Bonchev–Trinajstić information content (AvgIpc) is 4.01. The van der Waals surface area contributed by atoms with Crippen molar-refractivity contribution in [3.8, 4) is 22.8 Å². The standard InChI is InChI=1S/C34H31F5N4O4/c1-18-10-20-11-21(12-26(28(20)43-42-18)47-24-8-9-24)31(44)40-16-33(45,22-6-7-22)27-13-25-30(46-17-32(25,14-35)15-36)29(41-27)19-2-4-23(5-3-19)34(37,38)39/h2-5,10-13,22,24,45H,6-9,14-17H2,1H3,(H,40,44)/t33-/m1/s1. The second kappa shape index (κ2) is 11.4. The predicted octanol–water partition coefficient (Wildman–Crippen LogP) is 6.16. The molecule has 7 rings (SSSR count). The van der Waals surface area contributed by atoms with Crippen molar-refractivity contribution in [2.24, 2.45) is 5.92 Å². The van der Waals surface area contributed by atoms with Gasteiger partial charge >= 0.3 is 6.18 Å². The van der Waals surface area contributed by atoms with E-state index < -0.39 is 42.0 Å². The van der Waals surface area contributed by atoms with Gasteiger partial charge in [0, 0.05) is 22.1 Å². The van der Waals surface area contributed by atoms with Gasteiger partial charge in [0.15, 0.2) is 0 Å². The maximum atomic E-state index is 14.4. The van der Waals surface area contributed by atoms with E-state index in [1.54, 1.807) is 25.1 Å². The van der Waals surface area contributed by atoms with Gasteiger partial charge in [0.25, 0.3) is 5.91 Å². The number of pyridine rings is 1. The highest BCUT2D eigenvalue weighted by molar-refractivity contribution is 6.00. The summed E-state index contributed by atoms with van der Waals surface area (Å²) in [6.07, 6.45) is -1.55. The number of benzene rings is 2. The molecule has 0 unspecified atom stereocenters. The Balaban J connectivity index is 1.25. The molecule has 0 saturated heterocycles. The smallest absolute Gasteiger partial charge is 0.416 e. The Bertz CT molecular complexity index is 1860. The molecule has 0 radical (unpaired) electrons. The highest BCUT2D eigenvalue weighted by Crippen LogP contribution is 2.50. The maximum absolute atomic E-state index is 14.4. The van der Waals surface area contributed by atoms with E-state index in [1.165, 1.54) is 18.2 Å². The highest BCUT2D eigenvalue weighted by atomic mass is 19.4. The number of hydrogen-bond acceptors (Lipinski definition) is 7. The first-order valence-electron chi connectivity index (χ1n) is 15.4. The molecule has 1 atom stereocenters. The van der Waals surface area contributed by atoms with Crippen LogP contribution in [0.2, 0.25) is 0 Å². The zero-order valence-electron chi connectivity index (χ0n) is 25.3. The molecule has 3 aliphatic rings. The molecule has 1 amide bonds. The maximum Gasteiger partial charge on any atom is 0.416 e. The van der Waals surface area contributed by atoms with Gasteiger partial charge in [-0.3, -0.25) is 4.79 Å². The van der Waals surface area contributed by atoms with E-state index in [2.05, 4.69) is 20.5 Å². The van der Waals surface area contributed by atoms with Crippen molar-refractivity contribution < 1.29 is 41.3 Å². The van der Waals surface area contributed by atoms with E-state index in [0.717, 1.165) is 25.0 Å². The fraction of sp³-hybridized carbons (Fsp3) is 0.412. The van der Waals surface area contributed by atoms with E-state index in [9.17, 15) is 31.9 Å². The number of alkyl halides is 5. The fourth-order valence-corrected chi connectivity index (χ4v) is 5.99. The lowest BCUT2D eigenvalue weighted by Crippen LogP contribution is -2.43. The lowest BCUT2D eigenvalue weighted by molar-refractivity contribution is -0.137. The van der Waals surface area contributed by atoms with Crippen LogP contribution in [0.3, 0.4) is 0 Å². The number of aliphatic hydroxyl groups is 1. The summed E-state index contributed by atoms with van der Waals surface area (Å²) < 4.78 is 80.5. The Hall–Kier alpha value is -4.39. The number of halogens is 5. The number of aromatic nitrogens is 3. The molecule has 2 aromatic heterocycles. The van der Waals surface area contributed by atoms with Crippen LogP contribution in [0, 0.1) is 12.8 Å². The number of carbonyl (C=O) groups is 1. The number of fused-ring (bicyclic) bond motifs is 2. The van der Waals surface area contributed by atoms with Crippen LogP contribution in [0.1, 0.15) is 58.6 Å². The van der Waals surface area contributed by atoms with Crippen molar-refractivity contribution >= 4 is 16.8 Å². The van der Waals surface area contributed by atoms with Crippen LogP contribution in [0.4, 0.5) is 22.0 Å². The van der Waals surface area contributed by atoms with E-state index in [0.29, 0.717) is 35.2 Å². The third kappa shape index (κ3) is 5.74. The molecule has 0 bridgehead atoms. The Kier molecular flexibility index (Phi) is 7.57. The molecule has 1 aliphatic heterocycles. The number of rotatable bonds is 10. The molecule has 4 aromatic rings. The third-order valence-electron chi connectivity index (χ3n) is 9.11. The van der Waals surface area contributed by atoms with Crippen LogP contribution in [0.5, 0.6) is 11.5 Å². The molecule has 2 aliphatic carbocycles. The lowest BCUT2D eigenvalue weighted by atomic mass is 9.82. The minimum absolute atomic E-state index is 0.0351. The van der Waals surface area contributed by atoms with E-state index >= 15 is 0 Å². The minimum Gasteiger partial charge on any atom is -0.490 e. The highest BCUT2D eigenvalue weighted by Gasteiger charge is 2.50. The van der Waals surface area contributed by atoms with Gasteiger partial charge < -0.3 is 19.9 Å². The van der Waals surface area contributed by atoms with E-state index in [-0.39, 0.29) is 59.0 Å². The fourth-order valence-electron chi connectivity index (χ4n) is 5.99. The summed E-state index contributed by atoms with van der Waals surface area (Å²) in [6, 6.07) is 10.6. The summed E-state index contributed by atoms with van der Waals surface area (Å²) in [5, 5.41) is 24.0. The van der Waals surface area contributed by atoms with Crippen LogP contribution in [-0.2, 0) is 17.2 Å². The van der Waals surface area contributed by atoms with Crippen LogP contribution in [0.25, 0.3) is 22.2 Å². The molecular formula is C34H31F5N4O4. The first-order chi connectivity index (χ1) is 22.4. The number of nitrogens with zero attached hydrogens (tertiary/aromatic N) is 3. The summed E-state index contributed by atoms with van der Waals surface area (Å²) in [5.41, 5.74) is -2.44. The van der Waals surface area contributed by atoms with Gasteiger partial charge in [-0.15, -0.1) is 5.10 Å². The van der Waals surface area contributed by atoms with Crippen molar-refractivity contribution in [3.63, 3.8) is 0 Å². The normalized spacial score (nSPS) is 18.4. The molecule has 2 saturated carbocycles. The predicted molar refractivity (Wildman–Crippen MR) is 161 cm³/mol. The number of ether oxygens (including phenoxy) is 2. The van der Waals surface area contributed by atoms with Gasteiger partial charge in [0.2, 0.25) is 0 Å². The van der Waals surface area contributed by atoms with E-state index in [4.69, 9.17) is 9.47 Å². The Morgan fingerprint density at radius 1 is 1.04 bits per heavy atom. The quantitative estimate of drug-likeness (QED) is 0.198. The summed E-state index contributed by atoms with van der Waals surface area (Å²) >= 11 is 0. The van der Waals surface area contributed by atoms with Gasteiger partial charge in [-0.25, -0.2) is 13.8 Å². The second-order valence-corrected chi connectivity index (χ2v) is 12.7. The monoisotopic (exact) mass is 654 g/mol. The molecule has 13 heteroatoms. The van der Waals surface area contributed by atoms with Crippen molar-refractivity contribution in [1.82, 2.24) is 20.5 Å².